The topological polar surface area (TPSA) is 108 Å². The van der Waals surface area contributed by atoms with Crippen LogP contribution >= 0.6 is 0 Å². The molecule has 0 heterocycles. The van der Waals surface area contributed by atoms with Gasteiger partial charge in [-0.25, -0.2) is 4.79 Å². The predicted molar refractivity (Wildman–Crippen MR) is 189 cm³/mol. The van der Waals surface area contributed by atoms with Crippen molar-refractivity contribution >= 4 is 17.9 Å². The monoisotopic (exact) mass is 669 g/mol. The third-order valence-corrected chi connectivity index (χ3v) is 7.71. The summed E-state index contributed by atoms with van der Waals surface area (Å²) < 4.78 is 22.4. The number of carboxylic acid groups (broad SMARTS) is 1. The number of carbonyl (C=O) groups is 3. The average Bonchev–Trinajstić information content (AvgIpc) is 3.01. The van der Waals surface area contributed by atoms with Gasteiger partial charge in [-0.05, 0) is 44.9 Å². The molecule has 0 saturated carbocycles. The molecule has 47 heavy (non-hydrogen) atoms. The van der Waals surface area contributed by atoms with Gasteiger partial charge >= 0.3 is 17.9 Å². The number of hydrogen-bond acceptors (Lipinski definition) is 7. The van der Waals surface area contributed by atoms with Crippen molar-refractivity contribution in [3.8, 4) is 0 Å². The molecule has 1 N–H and O–H groups in total. The fourth-order valence-electron chi connectivity index (χ4n) is 4.75. The van der Waals surface area contributed by atoms with E-state index >= 15 is 0 Å². The fourth-order valence-corrected chi connectivity index (χ4v) is 4.75. The smallest absolute Gasteiger partial charge is 0.361 e. The molecule has 0 aromatic carbocycles. The predicted octanol–water partition coefficient (Wildman–Crippen LogP) is 8.55. The molecule has 0 amide bonds. The van der Waals surface area contributed by atoms with Gasteiger partial charge in [-0.3, -0.25) is 9.59 Å². The molecule has 2 atom stereocenters. The van der Waals surface area contributed by atoms with E-state index in [4.69, 9.17) is 18.9 Å². The van der Waals surface area contributed by atoms with Crippen molar-refractivity contribution in [3.05, 3.63) is 24.3 Å². The summed E-state index contributed by atoms with van der Waals surface area (Å²) in [5.41, 5.74) is 0. The normalized spacial score (nSPS) is 13.3. The van der Waals surface area contributed by atoms with Crippen LogP contribution in [-0.2, 0) is 33.3 Å². The van der Waals surface area contributed by atoms with Crippen molar-refractivity contribution in [1.82, 2.24) is 0 Å². The number of rotatable bonds is 33. The number of nitrogens with zero attached hydrogens (tertiary/aromatic N) is 1. The molecule has 0 aromatic rings. The quantitative estimate of drug-likeness (QED) is 0.0244. The highest BCUT2D eigenvalue weighted by Gasteiger charge is 2.25. The SMILES string of the molecule is CCCCC/C=C\C/C=C\CCCCCCCCCC(=O)OC(COC(=O)CCCCCCC)COC(OCC[N+](C)(C)C)C(=O)O. The molecule has 274 valence electrons. The van der Waals surface area contributed by atoms with Crippen LogP contribution in [0.3, 0.4) is 0 Å². The minimum atomic E-state index is -1.50. The fraction of sp³-hybridized carbons (Fsp3) is 0.816. The lowest BCUT2D eigenvalue weighted by molar-refractivity contribution is -0.870. The minimum absolute atomic E-state index is 0.185. The molecule has 0 aliphatic heterocycles. The van der Waals surface area contributed by atoms with Crippen molar-refractivity contribution in [2.75, 3.05) is 47.5 Å². The third kappa shape index (κ3) is 32.1. The van der Waals surface area contributed by atoms with E-state index in [9.17, 15) is 19.5 Å². The Kier molecular flexibility index (Phi) is 29.6. The van der Waals surface area contributed by atoms with Gasteiger partial charge in [0.15, 0.2) is 6.10 Å². The number of aliphatic carboxylic acids is 1. The summed E-state index contributed by atoms with van der Waals surface area (Å²) in [6, 6.07) is 0. The van der Waals surface area contributed by atoms with E-state index in [0.717, 1.165) is 64.2 Å². The summed E-state index contributed by atoms with van der Waals surface area (Å²) in [6.07, 6.45) is 27.0. The van der Waals surface area contributed by atoms with E-state index in [2.05, 4.69) is 38.2 Å². The van der Waals surface area contributed by atoms with E-state index in [1.165, 1.54) is 44.9 Å². The van der Waals surface area contributed by atoms with Gasteiger partial charge in [0.1, 0.15) is 13.2 Å². The third-order valence-electron chi connectivity index (χ3n) is 7.71. The second-order valence-corrected chi connectivity index (χ2v) is 13.5. The molecule has 0 aliphatic rings. The first-order valence-electron chi connectivity index (χ1n) is 18.5. The Morgan fingerprint density at radius 1 is 0.638 bits per heavy atom. The molecular formula is C38H70NO8+. The highest BCUT2D eigenvalue weighted by Crippen LogP contribution is 2.12. The maximum Gasteiger partial charge on any atom is 0.361 e. The van der Waals surface area contributed by atoms with Crippen LogP contribution in [0.25, 0.3) is 0 Å². The van der Waals surface area contributed by atoms with Gasteiger partial charge in [0.25, 0.3) is 6.29 Å². The Hall–Kier alpha value is -2.23. The molecule has 0 spiro atoms. The van der Waals surface area contributed by atoms with Gasteiger partial charge in [-0.1, -0.05) is 109 Å². The van der Waals surface area contributed by atoms with E-state index in [-0.39, 0.29) is 32.2 Å². The van der Waals surface area contributed by atoms with Crippen molar-refractivity contribution in [2.45, 2.75) is 155 Å². The highest BCUT2D eigenvalue weighted by molar-refractivity contribution is 5.71. The van der Waals surface area contributed by atoms with Crippen LogP contribution in [0.5, 0.6) is 0 Å². The molecule has 0 aromatic heterocycles. The van der Waals surface area contributed by atoms with Crippen molar-refractivity contribution in [2.24, 2.45) is 0 Å². The van der Waals surface area contributed by atoms with Gasteiger partial charge in [-0.15, -0.1) is 0 Å². The number of unbranched alkanes of at least 4 members (excludes halogenated alkanes) is 14. The molecule has 0 saturated heterocycles. The van der Waals surface area contributed by atoms with Crippen LogP contribution in [0.4, 0.5) is 0 Å². The average molecular weight is 669 g/mol. The second-order valence-electron chi connectivity index (χ2n) is 13.5. The first kappa shape index (κ1) is 44.8. The standard InChI is InChI=1S/C38H69NO8/c1-6-8-10-12-13-14-15-16-17-18-19-20-21-22-23-25-27-29-36(41)47-34(32-45-35(40)28-26-24-11-9-7-2)33-46-38(37(42)43)44-31-30-39(3,4)5/h13-14,16-17,34,38H,6-12,15,18-33H2,1-5H3/p+1/b14-13-,17-16-. The molecule has 9 heteroatoms. The van der Waals surface area contributed by atoms with Crippen LogP contribution in [0.15, 0.2) is 24.3 Å². The zero-order chi connectivity index (χ0) is 35.0. The minimum Gasteiger partial charge on any atom is -0.477 e. The van der Waals surface area contributed by atoms with Crippen LogP contribution < -0.4 is 0 Å². The van der Waals surface area contributed by atoms with Crippen LogP contribution in [0.2, 0.25) is 0 Å². The maximum atomic E-state index is 12.6. The molecule has 2 unspecified atom stereocenters. The van der Waals surface area contributed by atoms with Gasteiger partial charge < -0.3 is 28.5 Å². The number of esters is 2. The molecule has 0 aliphatic carbocycles. The summed E-state index contributed by atoms with van der Waals surface area (Å²) in [4.78, 5) is 36.6. The highest BCUT2D eigenvalue weighted by atomic mass is 16.7. The summed E-state index contributed by atoms with van der Waals surface area (Å²) in [7, 11) is 5.93. The largest absolute Gasteiger partial charge is 0.477 e. The number of ether oxygens (including phenoxy) is 4. The van der Waals surface area contributed by atoms with Crippen LogP contribution in [0.1, 0.15) is 142 Å². The zero-order valence-corrected chi connectivity index (χ0v) is 30.7. The van der Waals surface area contributed by atoms with E-state index in [0.29, 0.717) is 23.9 Å². The Bertz CT molecular complexity index is 836. The lowest BCUT2D eigenvalue weighted by atomic mass is 10.1. The molecule has 0 radical (unpaired) electrons. The van der Waals surface area contributed by atoms with Crippen LogP contribution in [-0.4, -0.2) is 87.4 Å². The first-order valence-corrected chi connectivity index (χ1v) is 18.5. The summed E-state index contributed by atoms with van der Waals surface area (Å²) in [5.74, 6) is -2.04. The summed E-state index contributed by atoms with van der Waals surface area (Å²) in [5, 5.41) is 9.54. The molecule has 9 nitrogen and oxygen atoms in total. The lowest BCUT2D eigenvalue weighted by Crippen LogP contribution is -2.40. The van der Waals surface area contributed by atoms with Crippen molar-refractivity contribution < 1.29 is 42.9 Å². The molecule has 0 bridgehead atoms. The number of carboxylic acids is 1. The number of allylic oxidation sites excluding steroid dienone is 4. The van der Waals surface area contributed by atoms with Gasteiger partial charge in [0, 0.05) is 12.8 Å². The summed E-state index contributed by atoms with van der Waals surface area (Å²) >= 11 is 0. The summed E-state index contributed by atoms with van der Waals surface area (Å²) in [6.45, 7) is 4.72. The Morgan fingerprint density at radius 2 is 1.15 bits per heavy atom. The van der Waals surface area contributed by atoms with Crippen molar-refractivity contribution in [3.63, 3.8) is 0 Å². The number of likely N-dealkylation sites (N-methyl/N-ethyl adjacent to an activating group) is 1. The van der Waals surface area contributed by atoms with E-state index in [1.807, 2.05) is 21.1 Å². The first-order chi connectivity index (χ1) is 22.6. The number of hydrogen-bond donors (Lipinski definition) is 1. The maximum absolute atomic E-state index is 12.6. The number of quaternary nitrogens is 1. The Morgan fingerprint density at radius 3 is 1.72 bits per heavy atom. The molecule has 0 fully saturated rings. The number of carbonyl (C=O) groups excluding carboxylic acids is 2. The Balaban J connectivity index is 4.42. The van der Waals surface area contributed by atoms with E-state index < -0.39 is 24.3 Å². The lowest BCUT2D eigenvalue weighted by Gasteiger charge is -2.25. The van der Waals surface area contributed by atoms with Gasteiger partial charge in [0.2, 0.25) is 0 Å². The van der Waals surface area contributed by atoms with Gasteiger partial charge in [0.05, 0.1) is 34.4 Å². The van der Waals surface area contributed by atoms with Gasteiger partial charge in [-0.2, -0.15) is 0 Å². The zero-order valence-electron chi connectivity index (χ0n) is 30.7. The second kappa shape index (κ2) is 31.1. The molecule has 0 rings (SSSR count). The van der Waals surface area contributed by atoms with Crippen molar-refractivity contribution in [1.29, 1.82) is 0 Å². The Labute approximate surface area is 287 Å². The van der Waals surface area contributed by atoms with Crippen LogP contribution in [0, 0.1) is 0 Å². The van der Waals surface area contributed by atoms with E-state index in [1.54, 1.807) is 0 Å². The molecular weight excluding hydrogens is 598 g/mol.